The van der Waals surface area contributed by atoms with E-state index in [1.54, 1.807) is 15.4 Å². The summed E-state index contributed by atoms with van der Waals surface area (Å²) >= 11 is 0. The summed E-state index contributed by atoms with van der Waals surface area (Å²) < 4.78 is 9.88. The number of nitrogens with zero attached hydrogens (tertiary/aromatic N) is 6. The predicted molar refractivity (Wildman–Crippen MR) is 105 cm³/mol. The molecule has 1 aliphatic heterocycles. The third kappa shape index (κ3) is 3.49. The van der Waals surface area contributed by atoms with Gasteiger partial charge in [-0.05, 0) is 31.9 Å². The summed E-state index contributed by atoms with van der Waals surface area (Å²) in [6, 6.07) is 1.90. The first-order valence-corrected chi connectivity index (χ1v) is 9.48. The number of amides is 1. The van der Waals surface area contributed by atoms with Crippen LogP contribution in [0.4, 0.5) is 0 Å². The van der Waals surface area contributed by atoms with Gasteiger partial charge in [-0.1, -0.05) is 6.58 Å². The average molecular weight is 380 g/mol. The Morgan fingerprint density at radius 3 is 2.93 bits per heavy atom. The Labute approximate surface area is 163 Å². The first-order valence-electron chi connectivity index (χ1n) is 9.48. The fourth-order valence-corrected chi connectivity index (χ4v) is 3.66. The molecule has 1 aliphatic rings. The highest BCUT2D eigenvalue weighted by atomic mass is 16.5. The molecule has 4 rings (SSSR count). The maximum atomic E-state index is 11.9. The molecule has 3 aromatic rings. The van der Waals surface area contributed by atoms with Crippen LogP contribution in [0, 0.1) is 6.92 Å². The fraction of sp³-hybridized carbons (Fsp3) is 0.400. The highest BCUT2D eigenvalue weighted by Gasteiger charge is 2.22. The predicted octanol–water partition coefficient (Wildman–Crippen LogP) is 2.38. The molecule has 28 heavy (non-hydrogen) atoms. The average Bonchev–Trinajstić information content (AvgIpc) is 3.21. The number of rotatable bonds is 4. The minimum absolute atomic E-state index is 0.000870. The van der Waals surface area contributed by atoms with E-state index in [1.807, 2.05) is 37.3 Å². The van der Waals surface area contributed by atoms with Gasteiger partial charge in [-0.2, -0.15) is 10.2 Å². The van der Waals surface area contributed by atoms with Gasteiger partial charge in [0.2, 0.25) is 11.8 Å². The largest absolute Gasteiger partial charge is 0.473 e. The van der Waals surface area contributed by atoms with E-state index in [4.69, 9.17) is 9.72 Å². The fourth-order valence-electron chi connectivity index (χ4n) is 3.66. The molecular weight excluding hydrogens is 356 g/mol. The van der Waals surface area contributed by atoms with Gasteiger partial charge in [-0.25, -0.2) is 9.50 Å². The van der Waals surface area contributed by atoms with E-state index in [-0.39, 0.29) is 12.0 Å². The van der Waals surface area contributed by atoms with Crippen molar-refractivity contribution in [1.82, 2.24) is 29.3 Å². The molecule has 0 saturated carbocycles. The second-order valence-corrected chi connectivity index (χ2v) is 7.09. The lowest BCUT2D eigenvalue weighted by molar-refractivity contribution is -0.126. The quantitative estimate of drug-likeness (QED) is 0.650. The van der Waals surface area contributed by atoms with E-state index in [0.717, 1.165) is 48.3 Å². The number of fused-ring (bicyclic) bond motifs is 1. The Kier molecular flexibility index (Phi) is 4.85. The summed E-state index contributed by atoms with van der Waals surface area (Å²) in [6.07, 6.45) is 9.47. The van der Waals surface area contributed by atoms with Gasteiger partial charge in [0.05, 0.1) is 23.8 Å². The highest BCUT2D eigenvalue weighted by Crippen LogP contribution is 2.27. The highest BCUT2D eigenvalue weighted by molar-refractivity contribution is 5.87. The van der Waals surface area contributed by atoms with Crippen molar-refractivity contribution < 1.29 is 9.53 Å². The van der Waals surface area contributed by atoms with Crippen molar-refractivity contribution in [3.8, 4) is 17.1 Å². The van der Waals surface area contributed by atoms with Crippen LogP contribution < -0.4 is 4.74 Å². The van der Waals surface area contributed by atoms with Gasteiger partial charge >= 0.3 is 0 Å². The van der Waals surface area contributed by atoms with Gasteiger partial charge in [-0.3, -0.25) is 9.48 Å². The molecule has 0 N–H and O–H groups in total. The molecule has 0 bridgehead atoms. The van der Waals surface area contributed by atoms with Crippen molar-refractivity contribution in [2.24, 2.45) is 7.05 Å². The Balaban J connectivity index is 1.61. The van der Waals surface area contributed by atoms with Crippen LogP contribution >= 0.6 is 0 Å². The van der Waals surface area contributed by atoms with Crippen LogP contribution in [0.15, 0.2) is 37.3 Å². The summed E-state index contributed by atoms with van der Waals surface area (Å²) in [6.45, 7) is 6.93. The molecule has 8 nitrogen and oxygen atoms in total. The number of carbonyl (C=O) groups excluding carboxylic acids is 1. The lowest BCUT2D eigenvalue weighted by Crippen LogP contribution is -2.30. The smallest absolute Gasteiger partial charge is 0.245 e. The van der Waals surface area contributed by atoms with Crippen molar-refractivity contribution in [2.45, 2.75) is 32.3 Å². The number of aromatic nitrogens is 5. The van der Waals surface area contributed by atoms with E-state index in [1.165, 1.54) is 6.08 Å². The molecule has 4 heterocycles. The zero-order valence-electron chi connectivity index (χ0n) is 16.2. The Hall–Kier alpha value is -3.16. The second-order valence-electron chi connectivity index (χ2n) is 7.09. The molecule has 0 aliphatic carbocycles. The zero-order chi connectivity index (χ0) is 19.7. The Morgan fingerprint density at radius 1 is 1.32 bits per heavy atom. The maximum absolute atomic E-state index is 11.9. The SMILES string of the molecule is C=CC(=O)N1CCC[C@H](Oc2nc(-c3cn(C)nc3C)cn3nccc23)CC1. The number of carbonyl (C=O) groups is 1. The first-order chi connectivity index (χ1) is 13.5. The van der Waals surface area contributed by atoms with E-state index in [2.05, 4.69) is 16.8 Å². The zero-order valence-corrected chi connectivity index (χ0v) is 16.2. The van der Waals surface area contributed by atoms with Crippen LogP contribution in [-0.2, 0) is 11.8 Å². The number of hydrogen-bond acceptors (Lipinski definition) is 5. The minimum atomic E-state index is -0.0222. The van der Waals surface area contributed by atoms with E-state index < -0.39 is 0 Å². The minimum Gasteiger partial charge on any atom is -0.473 e. The van der Waals surface area contributed by atoms with Crippen molar-refractivity contribution in [1.29, 1.82) is 0 Å². The molecule has 0 spiro atoms. The second kappa shape index (κ2) is 7.46. The van der Waals surface area contributed by atoms with Crippen molar-refractivity contribution >= 4 is 11.4 Å². The standard InChI is InChI=1S/C20H24N6O2/c1-4-19(27)25-10-5-6-15(8-11-25)28-20-18-7-9-21-26(18)13-17(22-20)16-12-24(3)23-14(16)2/h4,7,9,12-13,15H,1,5-6,8,10-11H2,2-3H3/t15-/m0/s1. The van der Waals surface area contributed by atoms with Gasteiger partial charge in [0.25, 0.3) is 0 Å². The van der Waals surface area contributed by atoms with Crippen LogP contribution in [0.3, 0.4) is 0 Å². The topological polar surface area (TPSA) is 77.6 Å². The van der Waals surface area contributed by atoms with Crippen LogP contribution in [-0.4, -0.2) is 54.4 Å². The molecular formula is C20H24N6O2. The van der Waals surface area contributed by atoms with Gasteiger partial charge in [-0.15, -0.1) is 0 Å². The van der Waals surface area contributed by atoms with Gasteiger partial charge in [0.15, 0.2) is 0 Å². The normalized spacial score (nSPS) is 17.5. The van der Waals surface area contributed by atoms with Crippen LogP contribution in [0.2, 0.25) is 0 Å². The maximum Gasteiger partial charge on any atom is 0.245 e. The molecule has 1 saturated heterocycles. The van der Waals surface area contributed by atoms with Crippen molar-refractivity contribution in [3.05, 3.63) is 43.0 Å². The lowest BCUT2D eigenvalue weighted by Gasteiger charge is -2.19. The molecule has 3 aromatic heterocycles. The van der Waals surface area contributed by atoms with Gasteiger partial charge < -0.3 is 9.64 Å². The van der Waals surface area contributed by atoms with E-state index in [0.29, 0.717) is 12.4 Å². The summed E-state index contributed by atoms with van der Waals surface area (Å²) in [5.41, 5.74) is 3.45. The number of likely N-dealkylation sites (tertiary alicyclic amines) is 1. The monoisotopic (exact) mass is 380 g/mol. The third-order valence-corrected chi connectivity index (χ3v) is 5.09. The molecule has 146 valence electrons. The molecule has 8 heteroatoms. The summed E-state index contributed by atoms with van der Waals surface area (Å²) in [4.78, 5) is 18.5. The van der Waals surface area contributed by atoms with Gasteiger partial charge in [0, 0.05) is 38.3 Å². The van der Waals surface area contributed by atoms with Crippen molar-refractivity contribution in [2.75, 3.05) is 13.1 Å². The summed E-state index contributed by atoms with van der Waals surface area (Å²) in [5.74, 6) is 0.540. The molecule has 1 fully saturated rings. The van der Waals surface area contributed by atoms with Gasteiger partial charge in [0.1, 0.15) is 11.6 Å². The summed E-state index contributed by atoms with van der Waals surface area (Å²) in [7, 11) is 1.89. The Bertz CT molecular complexity index is 1020. The van der Waals surface area contributed by atoms with E-state index >= 15 is 0 Å². The summed E-state index contributed by atoms with van der Waals surface area (Å²) in [5, 5.41) is 8.77. The molecule has 1 amide bonds. The molecule has 1 atom stereocenters. The van der Waals surface area contributed by atoms with Crippen LogP contribution in [0.5, 0.6) is 5.88 Å². The molecule has 0 unspecified atom stereocenters. The number of aryl methyl sites for hydroxylation is 2. The number of hydrogen-bond donors (Lipinski definition) is 0. The van der Waals surface area contributed by atoms with Crippen LogP contribution in [0.25, 0.3) is 16.8 Å². The molecule has 0 radical (unpaired) electrons. The van der Waals surface area contributed by atoms with Crippen molar-refractivity contribution in [3.63, 3.8) is 0 Å². The Morgan fingerprint density at radius 2 is 2.18 bits per heavy atom. The van der Waals surface area contributed by atoms with Crippen LogP contribution in [0.1, 0.15) is 25.0 Å². The van der Waals surface area contributed by atoms with E-state index in [9.17, 15) is 4.79 Å². The number of ether oxygens (including phenoxy) is 1. The lowest BCUT2D eigenvalue weighted by atomic mass is 10.1. The third-order valence-electron chi connectivity index (χ3n) is 5.09. The molecule has 0 aromatic carbocycles. The first kappa shape index (κ1) is 18.2.